The molecule has 2 aromatic rings. The molecular weight excluding hydrogens is 260 g/mol. The molecule has 0 aliphatic carbocycles. The number of amides is 1. The molecule has 2 aromatic heterocycles. The second kappa shape index (κ2) is 5.15. The predicted octanol–water partition coefficient (Wildman–Crippen LogP) is 0.883. The third kappa shape index (κ3) is 3.43. The molecule has 7 nitrogen and oxygen atoms in total. The third-order valence-corrected chi connectivity index (χ3v) is 3.40. The van der Waals surface area contributed by atoms with Crippen molar-refractivity contribution in [3.05, 3.63) is 11.1 Å². The lowest BCUT2D eigenvalue weighted by molar-refractivity contribution is -0.113. The fourth-order valence-corrected chi connectivity index (χ4v) is 2.33. The van der Waals surface area contributed by atoms with Crippen LogP contribution < -0.4 is 11.1 Å². The second-order valence-electron chi connectivity index (χ2n) is 3.13. The average molecular weight is 270 g/mol. The van der Waals surface area contributed by atoms with Gasteiger partial charge in [-0.3, -0.25) is 4.79 Å². The standard InChI is InChI=1S/C8H10N6OS2/c1-4-2-16-7(10-4)11-5(15)3-17-8-12-6(9)13-14-8/h2H,3H2,1H3,(H,10,11,15)(H3,9,12,13,14). The Kier molecular flexibility index (Phi) is 3.59. The number of carbonyl (C=O) groups excluding carboxylic acids is 1. The molecular formula is C8H10N6OS2. The molecule has 17 heavy (non-hydrogen) atoms. The summed E-state index contributed by atoms with van der Waals surface area (Å²) < 4.78 is 0. The van der Waals surface area contributed by atoms with E-state index in [-0.39, 0.29) is 17.6 Å². The van der Waals surface area contributed by atoms with Gasteiger partial charge in [-0.1, -0.05) is 11.8 Å². The summed E-state index contributed by atoms with van der Waals surface area (Å²) >= 11 is 2.60. The molecule has 0 fully saturated rings. The summed E-state index contributed by atoms with van der Waals surface area (Å²) in [6.45, 7) is 1.87. The lowest BCUT2D eigenvalue weighted by Gasteiger charge is -1.98. The van der Waals surface area contributed by atoms with Crippen molar-refractivity contribution in [3.63, 3.8) is 0 Å². The lowest BCUT2D eigenvalue weighted by Crippen LogP contribution is -2.13. The number of thioether (sulfide) groups is 1. The molecule has 0 aliphatic rings. The smallest absolute Gasteiger partial charge is 0.236 e. The first-order valence-corrected chi connectivity index (χ1v) is 6.52. The van der Waals surface area contributed by atoms with Crippen molar-refractivity contribution in [2.24, 2.45) is 0 Å². The van der Waals surface area contributed by atoms with Crippen molar-refractivity contribution in [3.8, 4) is 0 Å². The zero-order chi connectivity index (χ0) is 12.3. The van der Waals surface area contributed by atoms with Crippen LogP contribution in [0.25, 0.3) is 0 Å². The van der Waals surface area contributed by atoms with E-state index in [0.717, 1.165) is 5.69 Å². The molecule has 0 aromatic carbocycles. The number of aromatic amines is 1. The van der Waals surface area contributed by atoms with Gasteiger partial charge in [-0.25, -0.2) is 10.1 Å². The molecule has 0 unspecified atom stereocenters. The van der Waals surface area contributed by atoms with Crippen LogP contribution in [0.1, 0.15) is 5.69 Å². The van der Waals surface area contributed by atoms with E-state index in [2.05, 4.69) is 25.5 Å². The van der Waals surface area contributed by atoms with Crippen LogP contribution in [0.4, 0.5) is 11.1 Å². The van der Waals surface area contributed by atoms with Gasteiger partial charge in [-0.05, 0) is 6.92 Å². The Morgan fingerprint density at radius 1 is 1.65 bits per heavy atom. The van der Waals surface area contributed by atoms with Gasteiger partial charge in [0.2, 0.25) is 17.0 Å². The predicted molar refractivity (Wildman–Crippen MR) is 67.0 cm³/mol. The number of aryl methyl sites for hydroxylation is 1. The Hall–Kier alpha value is -1.61. The summed E-state index contributed by atoms with van der Waals surface area (Å²) in [6.07, 6.45) is 0. The normalized spacial score (nSPS) is 10.4. The Morgan fingerprint density at radius 2 is 2.47 bits per heavy atom. The maximum atomic E-state index is 11.5. The number of nitrogens with zero attached hydrogens (tertiary/aromatic N) is 3. The molecule has 0 saturated heterocycles. The molecule has 90 valence electrons. The van der Waals surface area contributed by atoms with Gasteiger partial charge in [0.25, 0.3) is 0 Å². The summed E-state index contributed by atoms with van der Waals surface area (Å²) in [7, 11) is 0. The maximum Gasteiger partial charge on any atom is 0.236 e. The van der Waals surface area contributed by atoms with Crippen molar-refractivity contribution in [1.29, 1.82) is 0 Å². The van der Waals surface area contributed by atoms with Gasteiger partial charge in [0.05, 0.1) is 11.4 Å². The van der Waals surface area contributed by atoms with Gasteiger partial charge in [0, 0.05) is 5.38 Å². The highest BCUT2D eigenvalue weighted by molar-refractivity contribution is 7.99. The Bertz CT molecular complexity index is 522. The van der Waals surface area contributed by atoms with Crippen LogP contribution in [0, 0.1) is 6.92 Å². The molecule has 4 N–H and O–H groups in total. The first kappa shape index (κ1) is 11.9. The van der Waals surface area contributed by atoms with E-state index in [1.165, 1.54) is 23.1 Å². The topological polar surface area (TPSA) is 110 Å². The van der Waals surface area contributed by atoms with Crippen molar-refractivity contribution in [1.82, 2.24) is 20.2 Å². The van der Waals surface area contributed by atoms with Gasteiger partial charge in [-0.2, -0.15) is 4.98 Å². The Labute approximate surface area is 105 Å². The monoisotopic (exact) mass is 270 g/mol. The van der Waals surface area contributed by atoms with Gasteiger partial charge in [0.15, 0.2) is 5.13 Å². The molecule has 0 radical (unpaired) electrons. The fraction of sp³-hybridized carbons (Fsp3) is 0.250. The van der Waals surface area contributed by atoms with Crippen molar-refractivity contribution < 1.29 is 4.79 Å². The number of nitrogen functional groups attached to an aromatic ring is 1. The van der Waals surface area contributed by atoms with Gasteiger partial charge >= 0.3 is 0 Å². The highest BCUT2D eigenvalue weighted by atomic mass is 32.2. The number of rotatable bonds is 4. The van der Waals surface area contributed by atoms with E-state index in [4.69, 9.17) is 5.73 Å². The molecule has 1 amide bonds. The maximum absolute atomic E-state index is 11.5. The Balaban J connectivity index is 1.82. The average Bonchev–Trinajstić information content (AvgIpc) is 2.85. The van der Waals surface area contributed by atoms with Gasteiger partial charge in [0.1, 0.15) is 0 Å². The van der Waals surface area contributed by atoms with Crippen molar-refractivity contribution in [2.75, 3.05) is 16.8 Å². The first-order chi connectivity index (χ1) is 8.13. The molecule has 0 atom stereocenters. The SMILES string of the molecule is Cc1csc(NC(=O)CSc2n[nH]c(N)n2)n1. The van der Waals surface area contributed by atoms with E-state index in [1.807, 2.05) is 12.3 Å². The number of hydrogen-bond donors (Lipinski definition) is 3. The zero-order valence-electron chi connectivity index (χ0n) is 8.93. The number of hydrogen-bond acceptors (Lipinski definition) is 7. The first-order valence-electron chi connectivity index (χ1n) is 4.66. The van der Waals surface area contributed by atoms with E-state index in [0.29, 0.717) is 10.3 Å². The summed E-state index contributed by atoms with van der Waals surface area (Å²) in [6, 6.07) is 0. The van der Waals surface area contributed by atoms with Gasteiger partial charge in [-0.15, -0.1) is 16.4 Å². The second-order valence-corrected chi connectivity index (χ2v) is 4.93. The van der Waals surface area contributed by atoms with Crippen LogP contribution in [0.15, 0.2) is 10.5 Å². The minimum Gasteiger partial charge on any atom is -0.368 e. The number of anilines is 2. The van der Waals surface area contributed by atoms with Crippen LogP contribution in [0.2, 0.25) is 0 Å². The minimum atomic E-state index is -0.146. The number of carbonyl (C=O) groups is 1. The van der Waals surface area contributed by atoms with Crippen LogP contribution >= 0.6 is 23.1 Å². The van der Waals surface area contributed by atoms with Crippen LogP contribution in [-0.4, -0.2) is 31.8 Å². The molecule has 2 rings (SSSR count). The highest BCUT2D eigenvalue weighted by Gasteiger charge is 2.08. The summed E-state index contributed by atoms with van der Waals surface area (Å²) in [5, 5.41) is 11.9. The van der Waals surface area contributed by atoms with Crippen LogP contribution in [0.3, 0.4) is 0 Å². The molecule has 0 saturated carbocycles. The van der Waals surface area contributed by atoms with E-state index in [1.54, 1.807) is 0 Å². The number of H-pyrrole nitrogens is 1. The minimum absolute atomic E-state index is 0.146. The molecule has 9 heteroatoms. The fourth-order valence-electron chi connectivity index (χ4n) is 1.02. The van der Waals surface area contributed by atoms with Crippen molar-refractivity contribution >= 4 is 40.1 Å². The van der Waals surface area contributed by atoms with Gasteiger partial charge < -0.3 is 11.1 Å². The number of nitrogens with one attached hydrogen (secondary N) is 2. The zero-order valence-corrected chi connectivity index (χ0v) is 10.6. The van der Waals surface area contributed by atoms with E-state index < -0.39 is 0 Å². The van der Waals surface area contributed by atoms with Crippen molar-refractivity contribution in [2.45, 2.75) is 12.1 Å². The summed E-state index contributed by atoms with van der Waals surface area (Å²) in [4.78, 5) is 19.5. The number of thiazole rings is 1. The molecule has 2 heterocycles. The molecule has 0 bridgehead atoms. The summed E-state index contributed by atoms with van der Waals surface area (Å²) in [5.74, 6) is 0.312. The third-order valence-electron chi connectivity index (χ3n) is 1.68. The molecule has 0 spiro atoms. The van der Waals surface area contributed by atoms with Crippen LogP contribution in [-0.2, 0) is 4.79 Å². The number of aromatic nitrogens is 4. The molecule has 0 aliphatic heterocycles. The largest absolute Gasteiger partial charge is 0.368 e. The summed E-state index contributed by atoms with van der Waals surface area (Å²) in [5.41, 5.74) is 6.25. The quantitative estimate of drug-likeness (QED) is 0.711. The number of nitrogens with two attached hydrogens (primary N) is 1. The van der Waals surface area contributed by atoms with E-state index >= 15 is 0 Å². The van der Waals surface area contributed by atoms with Crippen LogP contribution in [0.5, 0.6) is 0 Å². The van der Waals surface area contributed by atoms with E-state index in [9.17, 15) is 4.79 Å². The highest BCUT2D eigenvalue weighted by Crippen LogP contribution is 2.16. The Morgan fingerprint density at radius 3 is 3.06 bits per heavy atom. The lowest BCUT2D eigenvalue weighted by atomic mass is 10.6.